The fourth-order valence-corrected chi connectivity index (χ4v) is 4.07. The lowest BCUT2D eigenvalue weighted by atomic mass is 10.1. The lowest BCUT2D eigenvalue weighted by molar-refractivity contribution is -0.119. The summed E-state index contributed by atoms with van der Waals surface area (Å²) >= 11 is 0.859. The average molecular weight is 411 g/mol. The molecule has 6 N–H and O–H groups in total. The molecular formula is C15H17N5O5S2. The number of carboxylic acid groups (broad SMARTS) is 1. The zero-order chi connectivity index (χ0) is 20.2. The van der Waals surface area contributed by atoms with Crippen LogP contribution in [-0.4, -0.2) is 42.3 Å². The molecule has 0 saturated heterocycles. The Hall–Kier alpha value is -2.99. The van der Waals surface area contributed by atoms with Gasteiger partial charge < -0.3 is 16.6 Å². The van der Waals surface area contributed by atoms with E-state index in [-0.39, 0.29) is 33.8 Å². The van der Waals surface area contributed by atoms with Crippen LogP contribution in [-0.2, 0) is 21.2 Å². The second-order valence-electron chi connectivity index (χ2n) is 5.46. The minimum atomic E-state index is -4.00. The van der Waals surface area contributed by atoms with Crippen LogP contribution in [0.25, 0.3) is 0 Å². The number of nitrogens with zero attached hydrogens (tertiary/aromatic N) is 2. The van der Waals surface area contributed by atoms with Crippen molar-refractivity contribution in [2.75, 3.05) is 4.72 Å². The van der Waals surface area contributed by atoms with Gasteiger partial charge in [0, 0.05) is 6.42 Å². The number of sulfonamides is 1. The van der Waals surface area contributed by atoms with Crippen LogP contribution in [0.1, 0.15) is 23.0 Å². The minimum absolute atomic E-state index is 0.0315. The number of carbonyl (C=O) groups excluding carboxylic acids is 1. The number of nitrogens with two attached hydrogens (primary N) is 2. The summed E-state index contributed by atoms with van der Waals surface area (Å²) in [6.45, 7) is 1.56. The number of anilines is 1. The molecule has 0 aliphatic heterocycles. The Labute approximate surface area is 159 Å². The Kier molecular flexibility index (Phi) is 6.13. The van der Waals surface area contributed by atoms with Crippen LogP contribution in [0.2, 0.25) is 0 Å². The van der Waals surface area contributed by atoms with E-state index in [4.69, 9.17) is 16.6 Å². The normalized spacial score (nSPS) is 12.2. The van der Waals surface area contributed by atoms with Crippen LogP contribution in [0.15, 0.2) is 39.7 Å². The highest BCUT2D eigenvalue weighted by Gasteiger charge is 2.21. The standard InChI is InChI=1S/C15H17N5O5S2/c1-8(19-15(16)17)11(21)6-9-2-4-10(5-3-9)27(24,25)20-13-12(14(22)23)18-7-26-13/h2-5,7-8,20H,6H2,1H3,(H,22,23)(H4,16,17,19)/t8-/m1/s1. The number of aromatic carboxylic acids is 1. The van der Waals surface area contributed by atoms with Gasteiger partial charge in [0.2, 0.25) is 0 Å². The smallest absolute Gasteiger partial charge is 0.357 e. The van der Waals surface area contributed by atoms with Crippen LogP contribution in [0, 0.1) is 0 Å². The van der Waals surface area contributed by atoms with E-state index in [1.54, 1.807) is 6.92 Å². The fourth-order valence-electron chi connectivity index (χ4n) is 2.08. The highest BCUT2D eigenvalue weighted by atomic mass is 32.2. The van der Waals surface area contributed by atoms with Gasteiger partial charge in [0.1, 0.15) is 11.0 Å². The van der Waals surface area contributed by atoms with E-state index in [0.29, 0.717) is 5.56 Å². The Morgan fingerprint density at radius 3 is 2.48 bits per heavy atom. The third-order valence-corrected chi connectivity index (χ3v) is 5.65. The number of ketones is 1. The maximum absolute atomic E-state index is 12.4. The van der Waals surface area contributed by atoms with Crippen LogP contribution in [0.4, 0.5) is 5.00 Å². The quantitative estimate of drug-likeness (QED) is 0.356. The topological polar surface area (TPSA) is 178 Å². The lowest BCUT2D eigenvalue weighted by Crippen LogP contribution is -2.28. The van der Waals surface area contributed by atoms with Crippen molar-refractivity contribution in [3.8, 4) is 0 Å². The number of guanidine groups is 1. The van der Waals surface area contributed by atoms with Crippen LogP contribution >= 0.6 is 11.3 Å². The summed E-state index contributed by atoms with van der Waals surface area (Å²) in [5.74, 6) is -1.75. The molecule has 10 nitrogen and oxygen atoms in total. The molecule has 0 bridgehead atoms. The number of Topliss-reactive ketones (excluding diaryl/α,β-unsaturated/α-hetero) is 1. The number of carboxylic acids is 1. The first-order valence-electron chi connectivity index (χ1n) is 7.50. The molecule has 27 heavy (non-hydrogen) atoms. The van der Waals surface area contributed by atoms with E-state index < -0.39 is 22.0 Å². The Morgan fingerprint density at radius 2 is 1.93 bits per heavy atom. The number of nitrogens with one attached hydrogen (secondary N) is 1. The van der Waals surface area contributed by atoms with Crippen molar-refractivity contribution in [2.45, 2.75) is 24.3 Å². The molecule has 0 unspecified atom stereocenters. The van der Waals surface area contributed by atoms with E-state index in [1.807, 2.05) is 0 Å². The third kappa shape index (κ3) is 5.24. The summed E-state index contributed by atoms with van der Waals surface area (Å²) in [6, 6.07) is 4.90. The molecule has 0 radical (unpaired) electrons. The number of hydrogen-bond donors (Lipinski definition) is 4. The number of aliphatic imine (C=N–C) groups is 1. The fraction of sp³-hybridized carbons (Fsp3) is 0.200. The number of aromatic nitrogens is 1. The van der Waals surface area contributed by atoms with Gasteiger partial charge in [-0.15, -0.1) is 11.3 Å². The van der Waals surface area contributed by atoms with Crippen molar-refractivity contribution in [3.63, 3.8) is 0 Å². The zero-order valence-corrected chi connectivity index (χ0v) is 15.8. The first-order chi connectivity index (χ1) is 12.6. The molecule has 12 heteroatoms. The lowest BCUT2D eigenvalue weighted by Gasteiger charge is -2.09. The van der Waals surface area contributed by atoms with E-state index in [2.05, 4.69) is 14.7 Å². The molecule has 1 aromatic heterocycles. The first kappa shape index (κ1) is 20.3. The molecule has 144 valence electrons. The highest BCUT2D eigenvalue weighted by molar-refractivity contribution is 7.93. The average Bonchev–Trinajstić information content (AvgIpc) is 3.02. The van der Waals surface area contributed by atoms with Gasteiger partial charge >= 0.3 is 5.97 Å². The maximum Gasteiger partial charge on any atom is 0.357 e. The molecule has 2 rings (SSSR count). The van der Waals surface area contributed by atoms with Gasteiger partial charge in [-0.1, -0.05) is 12.1 Å². The van der Waals surface area contributed by atoms with Gasteiger partial charge in [0.25, 0.3) is 10.0 Å². The predicted octanol–water partition coefficient (Wildman–Crippen LogP) is 0.416. The summed E-state index contributed by atoms with van der Waals surface area (Å²) in [4.78, 5) is 30.3. The van der Waals surface area contributed by atoms with Gasteiger partial charge in [-0.25, -0.2) is 23.2 Å². The van der Waals surface area contributed by atoms with Gasteiger partial charge in [-0.3, -0.25) is 9.52 Å². The Morgan fingerprint density at radius 1 is 1.30 bits per heavy atom. The Balaban J connectivity index is 2.14. The monoisotopic (exact) mass is 411 g/mol. The summed E-state index contributed by atoms with van der Waals surface area (Å²) in [5, 5.41) is 8.90. The van der Waals surface area contributed by atoms with Crippen molar-refractivity contribution < 1.29 is 23.1 Å². The number of benzene rings is 1. The molecule has 0 fully saturated rings. The summed E-state index contributed by atoms with van der Waals surface area (Å²) in [6.07, 6.45) is 0.0315. The van der Waals surface area contributed by atoms with Crippen molar-refractivity contribution in [3.05, 3.63) is 41.0 Å². The van der Waals surface area contributed by atoms with Gasteiger partial charge in [-0.05, 0) is 24.6 Å². The van der Waals surface area contributed by atoms with E-state index in [1.165, 1.54) is 29.8 Å². The second kappa shape index (κ2) is 8.14. The highest BCUT2D eigenvalue weighted by Crippen LogP contribution is 2.24. The van der Waals surface area contributed by atoms with Gasteiger partial charge in [0.05, 0.1) is 10.4 Å². The molecule has 1 atom stereocenters. The van der Waals surface area contributed by atoms with Crippen LogP contribution in [0.3, 0.4) is 0 Å². The van der Waals surface area contributed by atoms with Crippen LogP contribution < -0.4 is 16.2 Å². The predicted molar refractivity (Wildman–Crippen MR) is 100 cm³/mol. The number of thiazole rings is 1. The molecule has 0 spiro atoms. The number of carbonyl (C=O) groups is 2. The van der Waals surface area contributed by atoms with Gasteiger partial charge in [-0.2, -0.15) is 0 Å². The van der Waals surface area contributed by atoms with Crippen molar-refractivity contribution >= 4 is 44.1 Å². The van der Waals surface area contributed by atoms with E-state index in [9.17, 15) is 18.0 Å². The van der Waals surface area contributed by atoms with E-state index in [0.717, 1.165) is 11.3 Å². The molecule has 1 heterocycles. The molecule has 0 aliphatic carbocycles. The van der Waals surface area contributed by atoms with Crippen molar-refractivity contribution in [2.24, 2.45) is 16.5 Å². The maximum atomic E-state index is 12.4. The Bertz CT molecular complexity index is 978. The van der Waals surface area contributed by atoms with Crippen LogP contribution in [0.5, 0.6) is 0 Å². The molecule has 0 aliphatic rings. The van der Waals surface area contributed by atoms with E-state index >= 15 is 0 Å². The SMILES string of the molecule is C[C@@H](N=C(N)N)C(=O)Cc1ccc(S(=O)(=O)Nc2scnc2C(=O)O)cc1. The van der Waals surface area contributed by atoms with Crippen molar-refractivity contribution in [1.29, 1.82) is 0 Å². The summed E-state index contributed by atoms with van der Waals surface area (Å²) in [7, 11) is -4.00. The largest absolute Gasteiger partial charge is 0.476 e. The zero-order valence-electron chi connectivity index (χ0n) is 14.1. The minimum Gasteiger partial charge on any atom is -0.476 e. The number of hydrogen-bond acceptors (Lipinski definition) is 7. The summed E-state index contributed by atoms with van der Waals surface area (Å²) < 4.78 is 27.0. The molecule has 0 amide bonds. The van der Waals surface area contributed by atoms with Crippen molar-refractivity contribution in [1.82, 2.24) is 4.98 Å². The molecule has 0 saturated carbocycles. The van der Waals surface area contributed by atoms with Gasteiger partial charge in [0.15, 0.2) is 17.4 Å². The molecule has 1 aromatic carbocycles. The third-order valence-electron chi connectivity index (χ3n) is 3.42. The molecule has 2 aromatic rings. The second-order valence-corrected chi connectivity index (χ2v) is 7.99. The number of rotatable bonds is 8. The first-order valence-corrected chi connectivity index (χ1v) is 9.86. The summed E-state index contributed by atoms with van der Waals surface area (Å²) in [5.41, 5.74) is 11.9. The molecular weight excluding hydrogens is 394 g/mol.